The average Bonchev–Trinajstić information content (AvgIpc) is 3.06. The molecule has 0 nitrogen and oxygen atoms in total. The topological polar surface area (TPSA) is 0 Å². The molecule has 0 aliphatic carbocycles. The van der Waals surface area contributed by atoms with E-state index in [1.807, 2.05) is 0 Å². The molecule has 0 N–H and O–H groups in total. The minimum absolute atomic E-state index is 0.976. The van der Waals surface area contributed by atoms with Gasteiger partial charge in [-0.1, -0.05) is 122 Å². The zero-order valence-corrected chi connectivity index (χ0v) is 19.6. The van der Waals surface area contributed by atoms with Crippen molar-refractivity contribution >= 4 is 29.2 Å². The molecule has 0 unspecified atom stereocenters. The van der Waals surface area contributed by atoms with Gasteiger partial charge in [0.2, 0.25) is 0 Å². The maximum Gasteiger partial charge on any atom is 0.113 e. The van der Waals surface area contributed by atoms with Crippen LogP contribution in [0.3, 0.4) is 0 Å². The van der Waals surface area contributed by atoms with Crippen LogP contribution < -0.4 is 10.4 Å². The molecule has 5 aromatic rings. The summed E-state index contributed by atoms with van der Waals surface area (Å²) in [5.74, 6) is 0. The Morgan fingerprint density at radius 2 is 1.19 bits per heavy atom. The quantitative estimate of drug-likeness (QED) is 0.275. The van der Waals surface area contributed by atoms with Crippen molar-refractivity contribution in [3.63, 3.8) is 0 Å². The Morgan fingerprint density at radius 1 is 0.531 bits per heavy atom. The van der Waals surface area contributed by atoms with Crippen molar-refractivity contribution < 1.29 is 0 Å². The van der Waals surface area contributed by atoms with Crippen molar-refractivity contribution in [2.45, 2.75) is 19.5 Å². The predicted octanol–water partition coefficient (Wildman–Crippen LogP) is 6.90. The fourth-order valence-electron chi connectivity index (χ4n) is 5.38. The number of fused-ring (bicyclic) bond motifs is 4. The second kappa shape index (κ2) is 7.32. The first-order valence-electron chi connectivity index (χ1n) is 11.4. The maximum atomic E-state index is 2.49. The zero-order valence-electron chi connectivity index (χ0n) is 18.6. The van der Waals surface area contributed by atoms with Crippen molar-refractivity contribution in [1.29, 1.82) is 0 Å². The first-order valence-corrected chi connectivity index (χ1v) is 14.4. The summed E-state index contributed by atoms with van der Waals surface area (Å²) in [7, 11) is -1.61. The Balaban J connectivity index is 1.31. The molecular formula is C31H26Si. The second-order valence-electron chi connectivity index (χ2n) is 9.45. The fourth-order valence-corrected chi connectivity index (χ4v) is 8.51. The summed E-state index contributed by atoms with van der Waals surface area (Å²) in [6, 6.07) is 40.5. The molecule has 0 atom stereocenters. The van der Waals surface area contributed by atoms with Gasteiger partial charge in [-0.2, -0.15) is 0 Å². The summed E-state index contributed by atoms with van der Waals surface area (Å²) < 4.78 is 0. The summed E-state index contributed by atoms with van der Waals surface area (Å²) in [6.07, 6.45) is 0.976. The van der Waals surface area contributed by atoms with E-state index in [0.29, 0.717) is 0 Å². The van der Waals surface area contributed by atoms with Crippen molar-refractivity contribution in [3.8, 4) is 22.3 Å². The lowest BCUT2D eigenvalue weighted by molar-refractivity contribution is 1.20. The lowest BCUT2D eigenvalue weighted by atomic mass is 9.96. The predicted molar refractivity (Wildman–Crippen MR) is 141 cm³/mol. The molecular weight excluding hydrogens is 400 g/mol. The number of hydrogen-bond acceptors (Lipinski definition) is 0. The van der Waals surface area contributed by atoms with Crippen LogP contribution >= 0.6 is 0 Å². The van der Waals surface area contributed by atoms with Gasteiger partial charge >= 0.3 is 0 Å². The van der Waals surface area contributed by atoms with Crippen LogP contribution in [0.2, 0.25) is 13.1 Å². The Hall–Kier alpha value is -3.42. The first kappa shape index (κ1) is 19.3. The second-order valence-corrected chi connectivity index (χ2v) is 13.8. The van der Waals surface area contributed by atoms with Crippen LogP contribution in [0, 0.1) is 0 Å². The highest BCUT2D eigenvalue weighted by atomic mass is 28.3. The molecule has 0 bridgehead atoms. The first-order chi connectivity index (χ1) is 15.6. The van der Waals surface area contributed by atoms with Crippen LogP contribution in [0.4, 0.5) is 0 Å². The van der Waals surface area contributed by atoms with Gasteiger partial charge in [-0.05, 0) is 60.9 Å². The monoisotopic (exact) mass is 426 g/mol. The third kappa shape index (κ3) is 3.04. The molecule has 6 rings (SSSR count). The van der Waals surface area contributed by atoms with E-state index in [9.17, 15) is 0 Å². The highest BCUT2D eigenvalue weighted by Gasteiger charge is 2.37. The van der Waals surface area contributed by atoms with Crippen LogP contribution in [0.15, 0.2) is 109 Å². The van der Waals surface area contributed by atoms with Gasteiger partial charge in [-0.25, -0.2) is 0 Å². The van der Waals surface area contributed by atoms with Crippen molar-refractivity contribution in [2.24, 2.45) is 0 Å². The van der Waals surface area contributed by atoms with Gasteiger partial charge in [-0.3, -0.25) is 0 Å². The summed E-state index contributed by atoms with van der Waals surface area (Å²) in [6.45, 7) is 4.97. The van der Waals surface area contributed by atoms with E-state index >= 15 is 0 Å². The molecule has 0 saturated carbocycles. The van der Waals surface area contributed by atoms with Gasteiger partial charge in [0.25, 0.3) is 0 Å². The zero-order chi connectivity index (χ0) is 21.7. The summed E-state index contributed by atoms with van der Waals surface area (Å²) in [4.78, 5) is 0. The fraction of sp³-hybridized carbons (Fsp3) is 0.0968. The van der Waals surface area contributed by atoms with Crippen LogP contribution in [0.1, 0.15) is 11.1 Å². The molecule has 5 aromatic carbocycles. The molecule has 0 saturated heterocycles. The molecule has 154 valence electrons. The highest BCUT2D eigenvalue weighted by Crippen LogP contribution is 2.30. The Bertz CT molecular complexity index is 1450. The van der Waals surface area contributed by atoms with Gasteiger partial charge < -0.3 is 0 Å². The van der Waals surface area contributed by atoms with Crippen LogP contribution in [-0.2, 0) is 6.42 Å². The van der Waals surface area contributed by atoms with Gasteiger partial charge in [0.05, 0.1) is 0 Å². The molecule has 0 radical (unpaired) electrons. The van der Waals surface area contributed by atoms with Gasteiger partial charge in [0.15, 0.2) is 0 Å². The van der Waals surface area contributed by atoms with Crippen molar-refractivity contribution in [3.05, 3.63) is 120 Å². The van der Waals surface area contributed by atoms with E-state index < -0.39 is 8.07 Å². The third-order valence-electron chi connectivity index (χ3n) is 7.11. The molecule has 1 aliphatic heterocycles. The number of rotatable bonds is 3. The number of hydrogen-bond donors (Lipinski definition) is 0. The van der Waals surface area contributed by atoms with Crippen LogP contribution in [0.25, 0.3) is 33.0 Å². The van der Waals surface area contributed by atoms with E-state index in [1.165, 1.54) is 44.2 Å². The van der Waals surface area contributed by atoms with Crippen molar-refractivity contribution in [2.75, 3.05) is 0 Å². The smallest absolute Gasteiger partial charge is 0.0623 e. The van der Waals surface area contributed by atoms with E-state index in [-0.39, 0.29) is 0 Å². The van der Waals surface area contributed by atoms with Gasteiger partial charge in [0, 0.05) is 0 Å². The van der Waals surface area contributed by atoms with Gasteiger partial charge in [0.1, 0.15) is 8.07 Å². The third-order valence-corrected chi connectivity index (χ3v) is 10.7. The molecule has 0 fully saturated rings. The molecule has 0 amide bonds. The minimum Gasteiger partial charge on any atom is -0.0623 e. The molecule has 1 heteroatoms. The summed E-state index contributed by atoms with van der Waals surface area (Å²) in [5.41, 5.74) is 8.26. The van der Waals surface area contributed by atoms with Gasteiger partial charge in [-0.15, -0.1) is 0 Å². The van der Waals surface area contributed by atoms with Crippen LogP contribution in [-0.4, -0.2) is 8.07 Å². The summed E-state index contributed by atoms with van der Waals surface area (Å²) in [5, 5.41) is 5.77. The van der Waals surface area contributed by atoms with E-state index in [0.717, 1.165) is 6.42 Å². The van der Waals surface area contributed by atoms with E-state index in [4.69, 9.17) is 0 Å². The molecule has 0 spiro atoms. The normalized spacial score (nSPS) is 13.7. The lowest BCUT2D eigenvalue weighted by Gasteiger charge is -2.19. The molecule has 32 heavy (non-hydrogen) atoms. The Labute approximate surface area is 191 Å². The summed E-state index contributed by atoms with van der Waals surface area (Å²) >= 11 is 0. The molecule has 1 heterocycles. The Kier molecular flexibility index (Phi) is 4.41. The lowest BCUT2D eigenvalue weighted by Crippen LogP contribution is -2.49. The maximum absolute atomic E-state index is 2.49. The van der Waals surface area contributed by atoms with Crippen molar-refractivity contribution in [1.82, 2.24) is 0 Å². The molecule has 1 aliphatic rings. The van der Waals surface area contributed by atoms with E-state index in [2.05, 4.69) is 122 Å². The highest BCUT2D eigenvalue weighted by molar-refractivity contribution is 7.03. The largest absolute Gasteiger partial charge is 0.113 e. The minimum atomic E-state index is -1.61. The Morgan fingerprint density at radius 3 is 2.06 bits per heavy atom. The SMILES string of the molecule is C[Si]1(C)c2ccccc2-c2ccc(Cc3ccc(-c4cccc5ccccc45)cc3)cc21. The standard InChI is InChI=1S/C31H26Si/c1-32(2)30-13-6-5-11-28(30)29-19-16-23(21-31(29)32)20-22-14-17-25(18-15-22)27-12-7-9-24-8-3-4-10-26(24)27/h3-19,21H,20H2,1-2H3. The van der Waals surface area contributed by atoms with E-state index in [1.54, 1.807) is 10.4 Å². The average molecular weight is 427 g/mol. The van der Waals surface area contributed by atoms with Crippen LogP contribution in [0.5, 0.6) is 0 Å². The molecule has 0 aromatic heterocycles. The number of benzene rings is 5.